The first kappa shape index (κ1) is 9.01. The van der Waals surface area contributed by atoms with Gasteiger partial charge >= 0.3 is 0 Å². The van der Waals surface area contributed by atoms with Gasteiger partial charge in [-0.2, -0.15) is 0 Å². The van der Waals surface area contributed by atoms with Crippen molar-refractivity contribution in [1.82, 2.24) is 0 Å². The van der Waals surface area contributed by atoms with Crippen molar-refractivity contribution in [3.8, 4) is 0 Å². The number of hydrogen-bond donors (Lipinski definition) is 0. The Balaban J connectivity index is 2.27. The molecule has 0 N–H and O–H groups in total. The van der Waals surface area contributed by atoms with E-state index in [2.05, 4.69) is 6.92 Å². The second-order valence-corrected chi connectivity index (χ2v) is 4.29. The highest BCUT2D eigenvalue weighted by Gasteiger charge is 2.50. The summed E-state index contributed by atoms with van der Waals surface area (Å²) < 4.78 is 12.9. The summed E-state index contributed by atoms with van der Waals surface area (Å²) in [6, 6.07) is 6.84. The van der Waals surface area contributed by atoms with E-state index in [1.807, 2.05) is 6.07 Å². The standard InChI is InChI=1S/C11H12ClF/c1-11(6-9(11)7-12)8-3-2-4-10(13)5-8/h2-5,9H,6-7H2,1H3. The summed E-state index contributed by atoms with van der Waals surface area (Å²) in [5, 5.41) is 0. The van der Waals surface area contributed by atoms with Crippen LogP contribution in [-0.4, -0.2) is 5.88 Å². The van der Waals surface area contributed by atoms with Gasteiger partial charge in [-0.15, -0.1) is 11.6 Å². The Bertz CT molecular complexity index is 324. The fourth-order valence-electron chi connectivity index (χ4n) is 1.88. The van der Waals surface area contributed by atoms with Gasteiger partial charge in [0.25, 0.3) is 0 Å². The van der Waals surface area contributed by atoms with Crippen molar-refractivity contribution in [3.05, 3.63) is 35.6 Å². The van der Waals surface area contributed by atoms with Crippen molar-refractivity contribution in [2.75, 3.05) is 5.88 Å². The van der Waals surface area contributed by atoms with Crippen LogP contribution >= 0.6 is 11.6 Å². The number of halogens is 2. The van der Waals surface area contributed by atoms with Gasteiger partial charge in [-0.3, -0.25) is 0 Å². The zero-order valence-corrected chi connectivity index (χ0v) is 8.31. The van der Waals surface area contributed by atoms with Gasteiger partial charge < -0.3 is 0 Å². The summed E-state index contributed by atoms with van der Waals surface area (Å²) in [7, 11) is 0. The molecular weight excluding hydrogens is 187 g/mol. The van der Waals surface area contributed by atoms with Gasteiger partial charge in [0.15, 0.2) is 0 Å². The van der Waals surface area contributed by atoms with E-state index in [1.165, 1.54) is 6.07 Å². The Labute approximate surface area is 82.7 Å². The number of hydrogen-bond acceptors (Lipinski definition) is 0. The average Bonchev–Trinajstić information content (AvgIpc) is 2.79. The van der Waals surface area contributed by atoms with Gasteiger partial charge in [-0.05, 0) is 35.4 Å². The van der Waals surface area contributed by atoms with Crippen molar-refractivity contribution >= 4 is 11.6 Å². The first-order valence-electron chi connectivity index (χ1n) is 4.49. The van der Waals surface area contributed by atoms with Crippen LogP contribution in [0.4, 0.5) is 4.39 Å². The highest BCUT2D eigenvalue weighted by atomic mass is 35.5. The molecule has 0 saturated heterocycles. The molecule has 1 fully saturated rings. The van der Waals surface area contributed by atoms with Gasteiger partial charge in [-0.1, -0.05) is 19.1 Å². The first-order chi connectivity index (χ1) is 6.16. The largest absolute Gasteiger partial charge is 0.207 e. The van der Waals surface area contributed by atoms with E-state index in [0.717, 1.165) is 12.0 Å². The van der Waals surface area contributed by atoms with Crippen LogP contribution < -0.4 is 0 Å². The first-order valence-corrected chi connectivity index (χ1v) is 5.02. The van der Waals surface area contributed by atoms with Crippen LogP contribution in [0.1, 0.15) is 18.9 Å². The third kappa shape index (κ3) is 1.46. The maximum atomic E-state index is 12.9. The molecule has 1 aliphatic rings. The van der Waals surface area contributed by atoms with Crippen LogP contribution in [0.25, 0.3) is 0 Å². The average molecular weight is 199 g/mol. The fourth-order valence-corrected chi connectivity index (χ4v) is 2.32. The summed E-state index contributed by atoms with van der Waals surface area (Å²) in [6.07, 6.45) is 1.08. The third-order valence-electron chi connectivity index (χ3n) is 3.08. The lowest BCUT2D eigenvalue weighted by molar-refractivity contribution is 0.616. The van der Waals surface area contributed by atoms with E-state index in [4.69, 9.17) is 11.6 Å². The molecule has 0 radical (unpaired) electrons. The Morgan fingerprint density at radius 2 is 2.38 bits per heavy atom. The molecule has 0 amide bonds. The molecule has 2 atom stereocenters. The van der Waals surface area contributed by atoms with Crippen LogP contribution in [0.3, 0.4) is 0 Å². The van der Waals surface area contributed by atoms with Gasteiger partial charge in [0, 0.05) is 5.88 Å². The topological polar surface area (TPSA) is 0 Å². The SMILES string of the molecule is CC1(c2cccc(F)c2)CC1CCl. The molecule has 1 aromatic rings. The highest BCUT2D eigenvalue weighted by Crippen LogP contribution is 2.54. The van der Waals surface area contributed by atoms with Gasteiger partial charge in [-0.25, -0.2) is 4.39 Å². The maximum Gasteiger partial charge on any atom is 0.123 e. The minimum absolute atomic E-state index is 0.129. The maximum absolute atomic E-state index is 12.9. The number of rotatable bonds is 2. The van der Waals surface area contributed by atoms with Gasteiger partial charge in [0.1, 0.15) is 5.82 Å². The lowest BCUT2D eigenvalue weighted by atomic mass is 9.96. The quantitative estimate of drug-likeness (QED) is 0.640. The zero-order valence-electron chi connectivity index (χ0n) is 7.56. The summed E-state index contributed by atoms with van der Waals surface area (Å²) in [4.78, 5) is 0. The van der Waals surface area contributed by atoms with Crippen molar-refractivity contribution in [2.24, 2.45) is 5.92 Å². The summed E-state index contributed by atoms with van der Waals surface area (Å²) in [6.45, 7) is 2.15. The minimum atomic E-state index is -0.154. The lowest BCUT2D eigenvalue weighted by Crippen LogP contribution is -2.05. The molecule has 1 saturated carbocycles. The second-order valence-electron chi connectivity index (χ2n) is 3.98. The molecule has 0 spiro atoms. The summed E-state index contributed by atoms with van der Waals surface area (Å²) in [5.41, 5.74) is 1.21. The minimum Gasteiger partial charge on any atom is -0.207 e. The molecule has 0 bridgehead atoms. The van der Waals surface area contributed by atoms with Crippen LogP contribution in [0.5, 0.6) is 0 Å². The molecule has 70 valence electrons. The van der Waals surface area contributed by atoms with Gasteiger partial charge in [0.2, 0.25) is 0 Å². The second kappa shape index (κ2) is 2.98. The Kier molecular flexibility index (Phi) is 2.07. The number of benzene rings is 1. The summed E-state index contributed by atoms with van der Waals surface area (Å²) in [5.74, 6) is 1.04. The van der Waals surface area contributed by atoms with E-state index in [-0.39, 0.29) is 11.2 Å². The molecule has 0 aromatic heterocycles. The van der Waals surface area contributed by atoms with E-state index >= 15 is 0 Å². The summed E-state index contributed by atoms with van der Waals surface area (Å²) >= 11 is 5.78. The predicted molar refractivity (Wildman–Crippen MR) is 52.6 cm³/mol. The fraction of sp³-hybridized carbons (Fsp3) is 0.455. The van der Waals surface area contributed by atoms with Crippen molar-refractivity contribution in [1.29, 1.82) is 0 Å². The lowest BCUT2D eigenvalue weighted by Gasteiger charge is -2.10. The molecule has 13 heavy (non-hydrogen) atoms. The molecule has 1 aliphatic carbocycles. The predicted octanol–water partition coefficient (Wildman–Crippen LogP) is 3.34. The number of alkyl halides is 1. The molecule has 2 unspecified atom stereocenters. The molecule has 0 heterocycles. The van der Waals surface area contributed by atoms with E-state index in [1.54, 1.807) is 12.1 Å². The molecule has 0 nitrogen and oxygen atoms in total. The Hall–Kier alpha value is -0.560. The monoisotopic (exact) mass is 198 g/mol. The van der Waals surface area contributed by atoms with Crippen molar-refractivity contribution in [2.45, 2.75) is 18.8 Å². The smallest absolute Gasteiger partial charge is 0.123 e. The normalized spacial score (nSPS) is 31.8. The Morgan fingerprint density at radius 1 is 1.62 bits per heavy atom. The van der Waals surface area contributed by atoms with Gasteiger partial charge in [0.05, 0.1) is 0 Å². The van der Waals surface area contributed by atoms with Crippen LogP contribution in [-0.2, 0) is 5.41 Å². The van der Waals surface area contributed by atoms with E-state index in [9.17, 15) is 4.39 Å². The Morgan fingerprint density at radius 3 is 2.92 bits per heavy atom. The molecule has 2 rings (SSSR count). The van der Waals surface area contributed by atoms with Crippen molar-refractivity contribution in [3.63, 3.8) is 0 Å². The van der Waals surface area contributed by atoms with Crippen LogP contribution in [0.15, 0.2) is 24.3 Å². The molecule has 1 aromatic carbocycles. The van der Waals surface area contributed by atoms with Crippen LogP contribution in [0, 0.1) is 11.7 Å². The van der Waals surface area contributed by atoms with E-state index in [0.29, 0.717) is 11.8 Å². The molecular formula is C11H12ClF. The third-order valence-corrected chi connectivity index (χ3v) is 3.45. The molecule has 2 heteroatoms. The molecule has 0 aliphatic heterocycles. The highest BCUT2D eigenvalue weighted by molar-refractivity contribution is 6.18. The van der Waals surface area contributed by atoms with E-state index < -0.39 is 0 Å². The van der Waals surface area contributed by atoms with Crippen LogP contribution in [0.2, 0.25) is 0 Å². The zero-order chi connectivity index (χ0) is 9.47. The van der Waals surface area contributed by atoms with Crippen molar-refractivity contribution < 1.29 is 4.39 Å².